The number of nitrogens with zero attached hydrogens (tertiary/aromatic N) is 2. The van der Waals surface area contributed by atoms with E-state index in [4.69, 9.17) is 9.47 Å². The minimum Gasteiger partial charge on any atom is -0.378 e. The topological polar surface area (TPSA) is 86.3 Å². The summed E-state index contributed by atoms with van der Waals surface area (Å²) in [4.78, 5) is 26.7. The molecular formula is C17H22N3O5+. The Labute approximate surface area is 145 Å². The second-order valence-electron chi connectivity index (χ2n) is 6.01. The van der Waals surface area contributed by atoms with Gasteiger partial charge < -0.3 is 19.3 Å². The summed E-state index contributed by atoms with van der Waals surface area (Å²) in [6, 6.07) is 4.88. The Morgan fingerprint density at radius 3 is 2.52 bits per heavy atom. The fourth-order valence-corrected chi connectivity index (χ4v) is 3.02. The van der Waals surface area contributed by atoms with E-state index in [1.807, 2.05) is 6.20 Å². The van der Waals surface area contributed by atoms with Crippen LogP contribution in [0.1, 0.15) is 15.9 Å². The molecule has 0 radical (unpaired) electrons. The highest BCUT2D eigenvalue weighted by Gasteiger charge is 2.28. The van der Waals surface area contributed by atoms with E-state index in [1.54, 1.807) is 23.1 Å². The van der Waals surface area contributed by atoms with Crippen molar-refractivity contribution in [3.05, 3.63) is 45.6 Å². The highest BCUT2D eigenvalue weighted by molar-refractivity contribution is 5.99. The summed E-state index contributed by atoms with van der Waals surface area (Å²) in [5.74, 6) is -0.316. The Balaban J connectivity index is 1.87. The molecule has 25 heavy (non-hydrogen) atoms. The molecule has 1 N–H and O–H groups in total. The van der Waals surface area contributed by atoms with Gasteiger partial charge >= 0.3 is 0 Å². The summed E-state index contributed by atoms with van der Waals surface area (Å²) in [6.45, 7) is 4.84. The summed E-state index contributed by atoms with van der Waals surface area (Å²) in [5.41, 5.74) is 0.442. The van der Waals surface area contributed by atoms with E-state index in [0.29, 0.717) is 45.1 Å². The molecule has 8 heteroatoms. The molecule has 2 aliphatic heterocycles. The Kier molecular flexibility index (Phi) is 5.75. The summed E-state index contributed by atoms with van der Waals surface area (Å²) in [6.07, 6.45) is 3.64. The molecule has 1 amide bonds. The SMILES string of the molecule is O=C(c1cccc(/C=C/[NH+]2CCOCC2)c1[N+](=O)[O-])N1CCOCC1. The number of carbonyl (C=O) groups is 1. The summed E-state index contributed by atoms with van der Waals surface area (Å²) >= 11 is 0. The first-order valence-corrected chi connectivity index (χ1v) is 8.42. The van der Waals surface area contributed by atoms with E-state index in [1.165, 1.54) is 11.0 Å². The van der Waals surface area contributed by atoms with Crippen LogP contribution in [0.2, 0.25) is 0 Å². The van der Waals surface area contributed by atoms with Crippen LogP contribution in [-0.2, 0) is 9.47 Å². The van der Waals surface area contributed by atoms with Crippen molar-refractivity contribution in [2.45, 2.75) is 0 Å². The molecular weight excluding hydrogens is 326 g/mol. The molecule has 0 bridgehead atoms. The lowest BCUT2D eigenvalue weighted by Crippen LogP contribution is -3.09. The molecule has 2 aliphatic rings. The molecule has 0 saturated carbocycles. The maximum Gasteiger partial charge on any atom is 0.289 e. The Hall–Kier alpha value is -2.29. The van der Waals surface area contributed by atoms with E-state index in [-0.39, 0.29) is 17.2 Å². The smallest absolute Gasteiger partial charge is 0.289 e. The highest BCUT2D eigenvalue weighted by Crippen LogP contribution is 2.26. The number of benzene rings is 1. The Morgan fingerprint density at radius 2 is 1.84 bits per heavy atom. The lowest BCUT2D eigenvalue weighted by atomic mass is 10.1. The van der Waals surface area contributed by atoms with Gasteiger partial charge in [0.2, 0.25) is 0 Å². The number of para-hydroxylation sites is 1. The van der Waals surface area contributed by atoms with Crippen LogP contribution in [0, 0.1) is 10.1 Å². The number of amides is 1. The number of nitrogens with one attached hydrogen (secondary N) is 1. The first kappa shape index (κ1) is 17.5. The average molecular weight is 348 g/mol. The fourth-order valence-electron chi connectivity index (χ4n) is 3.02. The van der Waals surface area contributed by atoms with Crippen LogP contribution in [0.25, 0.3) is 6.08 Å². The number of rotatable bonds is 4. The zero-order chi connectivity index (χ0) is 17.6. The standard InChI is InChI=1S/C17H21N3O5/c21-17(19-8-12-25-13-9-19)15-3-1-2-14(16(15)20(22)23)4-5-18-6-10-24-11-7-18/h1-5H,6-13H2/p+1/b5-4+. The van der Waals surface area contributed by atoms with Crippen LogP contribution in [0.15, 0.2) is 24.4 Å². The largest absolute Gasteiger partial charge is 0.378 e. The third-order valence-corrected chi connectivity index (χ3v) is 4.41. The van der Waals surface area contributed by atoms with Gasteiger partial charge in [0.15, 0.2) is 0 Å². The Morgan fingerprint density at radius 1 is 1.16 bits per heavy atom. The summed E-state index contributed by atoms with van der Waals surface area (Å²) in [7, 11) is 0. The Bertz CT molecular complexity index is 664. The number of nitro benzene ring substituents is 1. The van der Waals surface area contributed by atoms with E-state index in [2.05, 4.69) is 0 Å². The van der Waals surface area contributed by atoms with E-state index >= 15 is 0 Å². The summed E-state index contributed by atoms with van der Waals surface area (Å²) in [5, 5.41) is 11.6. The first-order valence-electron chi connectivity index (χ1n) is 8.42. The molecule has 0 aromatic heterocycles. The molecule has 3 rings (SSSR count). The van der Waals surface area contributed by atoms with Crippen LogP contribution in [0.4, 0.5) is 5.69 Å². The number of quaternary nitrogens is 1. The second-order valence-corrected chi connectivity index (χ2v) is 6.01. The minimum absolute atomic E-state index is 0.131. The monoisotopic (exact) mass is 348 g/mol. The van der Waals surface area contributed by atoms with Crippen molar-refractivity contribution in [2.24, 2.45) is 0 Å². The maximum absolute atomic E-state index is 12.7. The molecule has 0 unspecified atom stereocenters. The van der Waals surface area contributed by atoms with Crippen molar-refractivity contribution >= 4 is 17.7 Å². The number of hydrogen-bond donors (Lipinski definition) is 1. The lowest BCUT2D eigenvalue weighted by molar-refractivity contribution is -0.855. The van der Waals surface area contributed by atoms with Crippen molar-refractivity contribution in [3.8, 4) is 0 Å². The highest BCUT2D eigenvalue weighted by atomic mass is 16.6. The molecule has 2 fully saturated rings. The van der Waals surface area contributed by atoms with Gasteiger partial charge in [-0.2, -0.15) is 0 Å². The minimum atomic E-state index is -0.470. The average Bonchev–Trinajstić information content (AvgIpc) is 2.66. The second kappa shape index (κ2) is 8.19. The third-order valence-electron chi connectivity index (χ3n) is 4.41. The van der Waals surface area contributed by atoms with Gasteiger partial charge in [0.25, 0.3) is 11.6 Å². The van der Waals surface area contributed by atoms with Crippen LogP contribution in [-0.4, -0.2) is 68.3 Å². The molecule has 1 aromatic rings. The predicted octanol–water partition coefficient (Wildman–Crippen LogP) is -0.0470. The molecule has 0 spiro atoms. The molecule has 2 heterocycles. The maximum atomic E-state index is 12.7. The van der Waals surface area contributed by atoms with Crippen molar-refractivity contribution in [3.63, 3.8) is 0 Å². The van der Waals surface area contributed by atoms with Crippen molar-refractivity contribution in [2.75, 3.05) is 52.6 Å². The molecule has 8 nitrogen and oxygen atoms in total. The van der Waals surface area contributed by atoms with Gasteiger partial charge in [-0.25, -0.2) is 0 Å². The summed E-state index contributed by atoms with van der Waals surface area (Å²) < 4.78 is 10.5. The van der Waals surface area contributed by atoms with Crippen molar-refractivity contribution in [1.29, 1.82) is 0 Å². The van der Waals surface area contributed by atoms with Gasteiger partial charge in [-0.1, -0.05) is 6.07 Å². The fraction of sp³-hybridized carbons (Fsp3) is 0.471. The molecule has 134 valence electrons. The van der Waals surface area contributed by atoms with Gasteiger partial charge in [0.05, 0.1) is 43.1 Å². The third kappa shape index (κ3) is 4.22. The lowest BCUT2D eigenvalue weighted by Gasteiger charge is -2.26. The molecule has 0 atom stereocenters. The van der Waals surface area contributed by atoms with Crippen molar-refractivity contribution < 1.29 is 24.1 Å². The number of carbonyl (C=O) groups excluding carboxylic acids is 1. The number of hydrogen-bond acceptors (Lipinski definition) is 5. The van der Waals surface area contributed by atoms with Crippen molar-refractivity contribution in [1.82, 2.24) is 4.90 Å². The van der Waals surface area contributed by atoms with Gasteiger partial charge in [-0.3, -0.25) is 14.9 Å². The van der Waals surface area contributed by atoms with E-state index in [0.717, 1.165) is 13.1 Å². The molecule has 1 aromatic carbocycles. The first-order chi connectivity index (χ1) is 12.2. The van der Waals surface area contributed by atoms with Crippen LogP contribution < -0.4 is 4.90 Å². The number of ether oxygens (including phenoxy) is 2. The number of nitro groups is 1. The zero-order valence-corrected chi connectivity index (χ0v) is 14.0. The van der Waals surface area contributed by atoms with E-state index in [9.17, 15) is 14.9 Å². The number of morpholine rings is 2. The quantitative estimate of drug-likeness (QED) is 0.609. The predicted molar refractivity (Wildman–Crippen MR) is 90.4 cm³/mol. The van der Waals surface area contributed by atoms with Crippen LogP contribution >= 0.6 is 0 Å². The van der Waals surface area contributed by atoms with Crippen LogP contribution in [0.3, 0.4) is 0 Å². The van der Waals surface area contributed by atoms with Gasteiger partial charge in [-0.05, 0) is 12.1 Å². The zero-order valence-electron chi connectivity index (χ0n) is 14.0. The van der Waals surface area contributed by atoms with Gasteiger partial charge in [-0.15, -0.1) is 0 Å². The normalized spacial score (nSPS) is 19.3. The van der Waals surface area contributed by atoms with Gasteiger partial charge in [0.1, 0.15) is 18.7 Å². The van der Waals surface area contributed by atoms with Crippen LogP contribution in [0.5, 0.6) is 0 Å². The van der Waals surface area contributed by atoms with Gasteiger partial charge in [0, 0.05) is 19.2 Å². The van der Waals surface area contributed by atoms with E-state index < -0.39 is 4.92 Å². The molecule has 2 saturated heterocycles. The molecule has 0 aliphatic carbocycles.